The SMILES string of the molecule is C[C@@H]1CCCN(C(=O)c2cccc(F)c2-c2ncccn2)C1CNc1ncc(C(F)(F)F)cn1. The number of hydrogen-bond donors (Lipinski definition) is 1. The highest BCUT2D eigenvalue weighted by molar-refractivity contribution is 6.00. The summed E-state index contributed by atoms with van der Waals surface area (Å²) >= 11 is 0. The van der Waals surface area contributed by atoms with Crippen LogP contribution in [0.4, 0.5) is 23.5 Å². The fraction of sp³-hybridized carbons (Fsp3) is 0.348. The van der Waals surface area contributed by atoms with Crippen LogP contribution in [0, 0.1) is 11.7 Å². The molecular formula is C23H22F4N6O. The van der Waals surface area contributed by atoms with Gasteiger partial charge in [0.25, 0.3) is 5.91 Å². The summed E-state index contributed by atoms with van der Waals surface area (Å²) in [6.45, 7) is 2.67. The van der Waals surface area contributed by atoms with E-state index in [4.69, 9.17) is 0 Å². The lowest BCUT2D eigenvalue weighted by molar-refractivity contribution is -0.138. The minimum atomic E-state index is -4.52. The second-order valence-electron chi connectivity index (χ2n) is 8.09. The van der Waals surface area contributed by atoms with Gasteiger partial charge in [-0.3, -0.25) is 4.79 Å². The molecule has 1 unspecified atom stereocenters. The van der Waals surface area contributed by atoms with Gasteiger partial charge in [-0.2, -0.15) is 13.2 Å². The van der Waals surface area contributed by atoms with Crippen molar-refractivity contribution in [3.63, 3.8) is 0 Å². The largest absolute Gasteiger partial charge is 0.419 e. The lowest BCUT2D eigenvalue weighted by Gasteiger charge is -2.40. The molecular weight excluding hydrogens is 452 g/mol. The molecule has 178 valence electrons. The fourth-order valence-electron chi connectivity index (χ4n) is 4.09. The van der Waals surface area contributed by atoms with E-state index in [0.717, 1.165) is 12.8 Å². The molecule has 1 aliphatic rings. The van der Waals surface area contributed by atoms with E-state index in [0.29, 0.717) is 18.9 Å². The van der Waals surface area contributed by atoms with Gasteiger partial charge >= 0.3 is 6.18 Å². The Kier molecular flexibility index (Phi) is 6.71. The topological polar surface area (TPSA) is 83.9 Å². The molecule has 11 heteroatoms. The average molecular weight is 474 g/mol. The van der Waals surface area contributed by atoms with Crippen LogP contribution in [0.25, 0.3) is 11.4 Å². The summed E-state index contributed by atoms with van der Waals surface area (Å²) in [6, 6.07) is 5.55. The Morgan fingerprint density at radius 3 is 2.50 bits per heavy atom. The molecule has 2 aromatic heterocycles. The van der Waals surface area contributed by atoms with E-state index in [1.165, 1.54) is 24.5 Å². The Bertz CT molecular complexity index is 1140. The number of amides is 1. The molecule has 1 aromatic carbocycles. The molecule has 3 heterocycles. The van der Waals surface area contributed by atoms with E-state index >= 15 is 0 Å². The van der Waals surface area contributed by atoms with Gasteiger partial charge in [-0.15, -0.1) is 0 Å². The molecule has 0 radical (unpaired) electrons. The van der Waals surface area contributed by atoms with E-state index in [9.17, 15) is 22.4 Å². The van der Waals surface area contributed by atoms with E-state index in [1.807, 2.05) is 6.92 Å². The Morgan fingerprint density at radius 2 is 1.82 bits per heavy atom. The zero-order valence-electron chi connectivity index (χ0n) is 18.3. The number of carbonyl (C=O) groups excluding carboxylic acids is 1. The second kappa shape index (κ2) is 9.70. The van der Waals surface area contributed by atoms with Crippen LogP contribution in [-0.2, 0) is 6.18 Å². The number of aromatic nitrogens is 4. The van der Waals surface area contributed by atoms with Crippen LogP contribution in [0.5, 0.6) is 0 Å². The molecule has 0 bridgehead atoms. The molecule has 1 N–H and O–H groups in total. The summed E-state index contributed by atoms with van der Waals surface area (Å²) in [4.78, 5) is 30.9. The van der Waals surface area contributed by atoms with Crippen molar-refractivity contribution in [3.8, 4) is 11.4 Å². The molecule has 4 rings (SSSR count). The Labute approximate surface area is 193 Å². The lowest BCUT2D eigenvalue weighted by atomic mass is 9.89. The summed E-state index contributed by atoms with van der Waals surface area (Å²) in [5.74, 6) is -0.739. The van der Waals surface area contributed by atoms with Crippen molar-refractivity contribution in [2.24, 2.45) is 5.92 Å². The first-order valence-electron chi connectivity index (χ1n) is 10.8. The van der Waals surface area contributed by atoms with Gasteiger partial charge in [0, 0.05) is 37.9 Å². The zero-order valence-corrected chi connectivity index (χ0v) is 18.3. The number of rotatable bonds is 5. The minimum Gasteiger partial charge on any atom is -0.352 e. The molecule has 34 heavy (non-hydrogen) atoms. The van der Waals surface area contributed by atoms with Gasteiger partial charge in [-0.05, 0) is 37.0 Å². The third-order valence-corrected chi connectivity index (χ3v) is 5.86. The van der Waals surface area contributed by atoms with Crippen molar-refractivity contribution in [3.05, 3.63) is 66.0 Å². The maximum atomic E-state index is 14.8. The Balaban J connectivity index is 1.57. The number of hydrogen-bond acceptors (Lipinski definition) is 6. The molecule has 3 aromatic rings. The van der Waals surface area contributed by atoms with Crippen LogP contribution in [0.3, 0.4) is 0 Å². The molecule has 1 fully saturated rings. The number of alkyl halides is 3. The number of anilines is 1. The first-order valence-corrected chi connectivity index (χ1v) is 10.8. The number of nitrogens with zero attached hydrogens (tertiary/aromatic N) is 5. The van der Waals surface area contributed by atoms with Gasteiger partial charge in [-0.25, -0.2) is 24.3 Å². The lowest BCUT2D eigenvalue weighted by Crippen LogP contribution is -2.51. The van der Waals surface area contributed by atoms with Crippen molar-refractivity contribution in [2.45, 2.75) is 32.0 Å². The number of benzene rings is 1. The normalized spacial score (nSPS) is 18.6. The monoisotopic (exact) mass is 474 g/mol. The number of carbonyl (C=O) groups is 1. The highest BCUT2D eigenvalue weighted by atomic mass is 19.4. The van der Waals surface area contributed by atoms with Gasteiger partial charge < -0.3 is 10.2 Å². The quantitative estimate of drug-likeness (QED) is 0.551. The van der Waals surface area contributed by atoms with Gasteiger partial charge in [0.2, 0.25) is 5.95 Å². The zero-order chi connectivity index (χ0) is 24.3. The predicted octanol–water partition coefficient (Wildman–Crippen LogP) is 4.44. The standard InChI is InChI=1S/C23H22F4N6O/c1-14-5-3-10-33(18(14)13-32-22-30-11-15(12-31-22)23(25,26)27)21(34)16-6-2-7-17(24)19(16)20-28-8-4-9-29-20/h2,4,6-9,11-12,14,18H,3,5,10,13H2,1H3,(H,30,31,32)/t14-,18?/m1/s1. The number of nitrogens with one attached hydrogen (secondary N) is 1. The van der Waals surface area contributed by atoms with Crippen LogP contribution in [0.15, 0.2) is 49.1 Å². The van der Waals surface area contributed by atoms with Crippen molar-refractivity contribution in [1.29, 1.82) is 0 Å². The fourth-order valence-corrected chi connectivity index (χ4v) is 4.09. The molecule has 0 aliphatic carbocycles. The van der Waals surface area contributed by atoms with Crippen molar-refractivity contribution in [1.82, 2.24) is 24.8 Å². The van der Waals surface area contributed by atoms with Crippen LogP contribution in [0.2, 0.25) is 0 Å². The van der Waals surface area contributed by atoms with Gasteiger partial charge in [0.05, 0.1) is 22.7 Å². The molecule has 0 spiro atoms. The first-order chi connectivity index (χ1) is 16.3. The maximum absolute atomic E-state index is 14.8. The van der Waals surface area contributed by atoms with Crippen LogP contribution < -0.4 is 5.32 Å². The third-order valence-electron chi connectivity index (χ3n) is 5.86. The van der Waals surface area contributed by atoms with Crippen LogP contribution in [-0.4, -0.2) is 49.9 Å². The molecule has 1 amide bonds. The number of likely N-dealkylation sites (tertiary alicyclic amines) is 1. The van der Waals surface area contributed by atoms with Crippen LogP contribution in [0.1, 0.15) is 35.7 Å². The van der Waals surface area contributed by atoms with Gasteiger partial charge in [0.15, 0.2) is 5.82 Å². The molecule has 7 nitrogen and oxygen atoms in total. The number of piperidine rings is 1. The summed E-state index contributed by atoms with van der Waals surface area (Å²) < 4.78 is 53.0. The van der Waals surface area contributed by atoms with Crippen molar-refractivity contribution < 1.29 is 22.4 Å². The molecule has 0 saturated carbocycles. The molecule has 1 saturated heterocycles. The first kappa shape index (κ1) is 23.5. The highest BCUT2D eigenvalue weighted by Crippen LogP contribution is 2.30. The smallest absolute Gasteiger partial charge is 0.352 e. The summed E-state index contributed by atoms with van der Waals surface area (Å²) in [5.41, 5.74) is -0.761. The predicted molar refractivity (Wildman–Crippen MR) is 116 cm³/mol. The second-order valence-corrected chi connectivity index (χ2v) is 8.09. The van der Waals surface area contributed by atoms with E-state index < -0.39 is 17.6 Å². The van der Waals surface area contributed by atoms with Crippen molar-refractivity contribution in [2.75, 3.05) is 18.4 Å². The van der Waals surface area contributed by atoms with Gasteiger partial charge in [-0.1, -0.05) is 13.0 Å². The molecule has 1 aliphatic heterocycles. The maximum Gasteiger partial charge on any atom is 0.419 e. The Morgan fingerprint density at radius 1 is 1.12 bits per heavy atom. The minimum absolute atomic E-state index is 0.0299. The van der Waals surface area contributed by atoms with E-state index in [2.05, 4.69) is 25.3 Å². The number of halogens is 4. The third kappa shape index (κ3) is 4.97. The highest BCUT2D eigenvalue weighted by Gasteiger charge is 2.34. The van der Waals surface area contributed by atoms with E-state index in [-0.39, 0.29) is 47.3 Å². The summed E-state index contributed by atoms with van der Waals surface area (Å²) in [7, 11) is 0. The van der Waals surface area contributed by atoms with E-state index in [1.54, 1.807) is 17.0 Å². The van der Waals surface area contributed by atoms with Gasteiger partial charge in [0.1, 0.15) is 5.82 Å². The Hall–Kier alpha value is -3.63. The molecule has 2 atom stereocenters. The van der Waals surface area contributed by atoms with Crippen molar-refractivity contribution >= 4 is 11.9 Å². The average Bonchev–Trinajstić information content (AvgIpc) is 2.83. The summed E-state index contributed by atoms with van der Waals surface area (Å²) in [6.07, 6.45) is 1.48. The van der Waals surface area contributed by atoms with Crippen LogP contribution >= 0.6 is 0 Å². The summed E-state index contributed by atoms with van der Waals surface area (Å²) in [5, 5.41) is 2.94.